The van der Waals surface area contributed by atoms with Gasteiger partial charge in [-0.15, -0.1) is 0 Å². The number of aromatic amines is 1. The minimum absolute atomic E-state index is 0.0687. The van der Waals surface area contributed by atoms with Crippen LogP contribution in [-0.4, -0.2) is 34.3 Å². The van der Waals surface area contributed by atoms with Crippen molar-refractivity contribution in [2.24, 2.45) is 0 Å². The van der Waals surface area contributed by atoms with Gasteiger partial charge in [-0.1, -0.05) is 13.0 Å². The number of nitrogens with zero attached hydrogens (tertiary/aromatic N) is 1. The van der Waals surface area contributed by atoms with Crippen molar-refractivity contribution in [3.63, 3.8) is 0 Å². The topological polar surface area (TPSA) is 57.4 Å². The van der Waals surface area contributed by atoms with E-state index in [0.29, 0.717) is 29.5 Å². The predicted molar refractivity (Wildman–Crippen MR) is 126 cm³/mol. The van der Waals surface area contributed by atoms with Crippen LogP contribution in [0.15, 0.2) is 53.3 Å². The molecule has 0 aliphatic carbocycles. The van der Waals surface area contributed by atoms with Crippen LogP contribution >= 0.6 is 12.2 Å². The van der Waals surface area contributed by atoms with Crippen LogP contribution < -0.4 is 10.9 Å². The van der Waals surface area contributed by atoms with Crippen molar-refractivity contribution in [3.8, 4) is 0 Å². The smallest absolute Gasteiger partial charge is 0.253 e. The first-order valence-corrected chi connectivity index (χ1v) is 11.0. The van der Waals surface area contributed by atoms with Gasteiger partial charge in [0.05, 0.1) is 12.6 Å². The highest BCUT2D eigenvalue weighted by atomic mass is 32.1. The maximum atomic E-state index is 13.2. The van der Waals surface area contributed by atoms with Crippen molar-refractivity contribution in [1.82, 2.24) is 9.88 Å². The zero-order valence-corrected chi connectivity index (χ0v) is 18.3. The van der Waals surface area contributed by atoms with Gasteiger partial charge in [-0.25, -0.2) is 4.39 Å². The molecule has 31 heavy (non-hydrogen) atoms. The van der Waals surface area contributed by atoms with Crippen LogP contribution in [0, 0.1) is 5.82 Å². The number of nitrogens with one attached hydrogen (secondary N) is 2. The molecule has 162 valence electrons. The van der Waals surface area contributed by atoms with Crippen molar-refractivity contribution in [1.29, 1.82) is 0 Å². The Kier molecular flexibility index (Phi) is 6.63. The molecule has 1 aliphatic rings. The Balaban J connectivity index is 1.60. The monoisotopic (exact) mass is 439 g/mol. The van der Waals surface area contributed by atoms with E-state index in [2.05, 4.69) is 23.3 Å². The molecule has 3 aromatic rings. The summed E-state index contributed by atoms with van der Waals surface area (Å²) >= 11 is 5.66. The molecule has 1 saturated heterocycles. The van der Waals surface area contributed by atoms with Crippen LogP contribution in [-0.2, 0) is 17.7 Å². The first-order chi connectivity index (χ1) is 15.0. The Hall–Kier alpha value is -2.77. The molecule has 0 amide bonds. The average molecular weight is 440 g/mol. The van der Waals surface area contributed by atoms with Gasteiger partial charge < -0.3 is 19.9 Å². The summed E-state index contributed by atoms with van der Waals surface area (Å²) in [4.78, 5) is 17.7. The number of hydrogen-bond donors (Lipinski definition) is 2. The molecular formula is C24H26FN3O2S. The number of pyridine rings is 1. The number of aryl methyl sites for hydroxylation is 1. The van der Waals surface area contributed by atoms with E-state index in [1.165, 1.54) is 17.7 Å². The SMILES string of the molecule is CCc1ccc2[nH]c(=O)c(CN(C[C@H]3CCCO3)C(=S)Nc3ccc(F)cc3)cc2c1. The van der Waals surface area contributed by atoms with Crippen molar-refractivity contribution in [2.45, 2.75) is 38.8 Å². The molecule has 0 radical (unpaired) electrons. The number of benzene rings is 2. The van der Waals surface area contributed by atoms with E-state index in [1.807, 2.05) is 23.1 Å². The summed E-state index contributed by atoms with van der Waals surface area (Å²) in [6.45, 7) is 3.79. The Morgan fingerprint density at radius 2 is 2.06 bits per heavy atom. The van der Waals surface area contributed by atoms with Gasteiger partial charge >= 0.3 is 0 Å². The number of thiocarbonyl (C=S) groups is 1. The predicted octanol–water partition coefficient (Wildman–Crippen LogP) is 4.61. The molecule has 1 aromatic heterocycles. The molecule has 2 aromatic carbocycles. The summed E-state index contributed by atoms with van der Waals surface area (Å²) in [5.74, 6) is -0.304. The number of ether oxygens (including phenoxy) is 1. The number of rotatable bonds is 6. The maximum absolute atomic E-state index is 13.2. The highest BCUT2D eigenvalue weighted by Crippen LogP contribution is 2.19. The molecule has 0 bridgehead atoms. The fourth-order valence-electron chi connectivity index (χ4n) is 3.83. The molecule has 1 fully saturated rings. The molecule has 0 spiro atoms. The van der Waals surface area contributed by atoms with Gasteiger partial charge in [0.1, 0.15) is 5.82 Å². The Morgan fingerprint density at radius 1 is 1.26 bits per heavy atom. The van der Waals surface area contributed by atoms with Gasteiger partial charge in [0.25, 0.3) is 5.56 Å². The van der Waals surface area contributed by atoms with Crippen LogP contribution in [0.25, 0.3) is 10.9 Å². The van der Waals surface area contributed by atoms with E-state index in [0.717, 1.165) is 36.8 Å². The lowest BCUT2D eigenvalue weighted by Gasteiger charge is -2.28. The molecule has 5 nitrogen and oxygen atoms in total. The summed E-state index contributed by atoms with van der Waals surface area (Å²) in [5, 5.41) is 4.64. The second kappa shape index (κ2) is 9.58. The molecule has 4 rings (SSSR count). The Bertz CT molecular complexity index is 1120. The summed E-state index contributed by atoms with van der Waals surface area (Å²) in [6.07, 6.45) is 2.98. The maximum Gasteiger partial charge on any atom is 0.253 e. The Labute approximate surface area is 186 Å². The van der Waals surface area contributed by atoms with E-state index >= 15 is 0 Å². The number of fused-ring (bicyclic) bond motifs is 1. The number of hydrogen-bond acceptors (Lipinski definition) is 3. The largest absolute Gasteiger partial charge is 0.376 e. The number of halogens is 1. The first kappa shape index (κ1) is 21.5. The van der Waals surface area contributed by atoms with E-state index in [-0.39, 0.29) is 17.5 Å². The van der Waals surface area contributed by atoms with E-state index < -0.39 is 0 Å². The lowest BCUT2D eigenvalue weighted by atomic mass is 10.1. The van der Waals surface area contributed by atoms with Gasteiger partial charge in [0.15, 0.2) is 5.11 Å². The quantitative estimate of drug-likeness (QED) is 0.550. The normalized spacial score (nSPS) is 15.9. The third-order valence-corrected chi connectivity index (χ3v) is 5.95. The third-order valence-electron chi connectivity index (χ3n) is 5.59. The average Bonchev–Trinajstić information content (AvgIpc) is 3.28. The molecule has 2 heterocycles. The molecule has 7 heteroatoms. The van der Waals surface area contributed by atoms with Crippen molar-refractivity contribution in [3.05, 3.63) is 75.8 Å². The number of H-pyrrole nitrogens is 1. The fourth-order valence-corrected chi connectivity index (χ4v) is 4.09. The van der Waals surface area contributed by atoms with E-state index in [4.69, 9.17) is 17.0 Å². The van der Waals surface area contributed by atoms with Gasteiger partial charge in [0.2, 0.25) is 0 Å². The van der Waals surface area contributed by atoms with Gasteiger partial charge in [0, 0.05) is 29.9 Å². The molecule has 1 aliphatic heterocycles. The summed E-state index contributed by atoms with van der Waals surface area (Å²) in [6, 6.07) is 14.1. The van der Waals surface area contributed by atoms with E-state index in [1.54, 1.807) is 12.1 Å². The van der Waals surface area contributed by atoms with Crippen LogP contribution in [0.3, 0.4) is 0 Å². The second-order valence-electron chi connectivity index (χ2n) is 7.85. The van der Waals surface area contributed by atoms with Gasteiger partial charge in [-0.05, 0) is 84.9 Å². The van der Waals surface area contributed by atoms with Crippen LogP contribution in [0.1, 0.15) is 30.9 Å². The molecule has 1 atom stereocenters. The van der Waals surface area contributed by atoms with E-state index in [9.17, 15) is 9.18 Å². The molecule has 0 unspecified atom stereocenters. The van der Waals surface area contributed by atoms with Crippen LogP contribution in [0.2, 0.25) is 0 Å². The fraction of sp³-hybridized carbons (Fsp3) is 0.333. The van der Waals surface area contributed by atoms with Crippen LogP contribution in [0.4, 0.5) is 10.1 Å². The minimum Gasteiger partial charge on any atom is -0.376 e. The van der Waals surface area contributed by atoms with Gasteiger partial charge in [-0.3, -0.25) is 4.79 Å². The highest BCUT2D eigenvalue weighted by molar-refractivity contribution is 7.80. The van der Waals surface area contributed by atoms with Crippen molar-refractivity contribution >= 4 is 33.9 Å². The number of aromatic nitrogens is 1. The third kappa shape index (κ3) is 5.29. The lowest BCUT2D eigenvalue weighted by molar-refractivity contribution is 0.0904. The minimum atomic E-state index is -0.304. The molecule has 2 N–H and O–H groups in total. The molecular weight excluding hydrogens is 413 g/mol. The van der Waals surface area contributed by atoms with Crippen molar-refractivity contribution in [2.75, 3.05) is 18.5 Å². The summed E-state index contributed by atoms with van der Waals surface area (Å²) in [7, 11) is 0. The summed E-state index contributed by atoms with van der Waals surface area (Å²) < 4.78 is 19.0. The lowest BCUT2D eigenvalue weighted by Crippen LogP contribution is -2.40. The van der Waals surface area contributed by atoms with Crippen LogP contribution in [0.5, 0.6) is 0 Å². The Morgan fingerprint density at radius 3 is 2.77 bits per heavy atom. The standard InChI is InChI=1S/C24H26FN3O2S/c1-2-16-5-10-22-17(12-16)13-18(23(29)27-22)14-28(15-21-4-3-11-30-21)24(31)26-20-8-6-19(25)7-9-20/h5-10,12-13,21H,2-4,11,14-15H2,1H3,(H,26,31)(H,27,29)/t21-/m1/s1. The first-order valence-electron chi connectivity index (χ1n) is 10.6. The van der Waals surface area contributed by atoms with Gasteiger partial charge in [-0.2, -0.15) is 0 Å². The second-order valence-corrected chi connectivity index (χ2v) is 8.24. The zero-order chi connectivity index (χ0) is 21.8. The summed E-state index contributed by atoms with van der Waals surface area (Å²) in [5.41, 5.74) is 3.25. The number of anilines is 1. The highest BCUT2D eigenvalue weighted by Gasteiger charge is 2.22. The van der Waals surface area contributed by atoms with Crippen molar-refractivity contribution < 1.29 is 9.13 Å². The zero-order valence-electron chi connectivity index (χ0n) is 17.5. The molecule has 0 saturated carbocycles.